The average molecular weight is 639 g/mol. The number of halogens is 5. The summed E-state index contributed by atoms with van der Waals surface area (Å²) < 4.78 is 103. The predicted octanol–water partition coefficient (Wildman–Crippen LogP) is 4.57. The number of nitrogens with zero attached hydrogens (tertiary/aromatic N) is 2. The molecule has 0 fully saturated rings. The van der Waals surface area contributed by atoms with Crippen molar-refractivity contribution in [3.05, 3.63) is 83.2 Å². The molecule has 3 aromatic carbocycles. The van der Waals surface area contributed by atoms with E-state index in [1.54, 1.807) is 0 Å². The van der Waals surface area contributed by atoms with Crippen LogP contribution in [-0.2, 0) is 27.4 Å². The van der Waals surface area contributed by atoms with Gasteiger partial charge in [-0.15, -0.1) is 8.78 Å². The van der Waals surface area contributed by atoms with Gasteiger partial charge < -0.3 is 25.1 Å². The molecule has 5 rings (SSSR count). The smallest absolute Gasteiger partial charge is 0.395 e. The molecule has 1 aliphatic heterocycles. The van der Waals surface area contributed by atoms with Crippen molar-refractivity contribution < 1.29 is 49.4 Å². The van der Waals surface area contributed by atoms with Gasteiger partial charge in [0.15, 0.2) is 21.3 Å². The van der Waals surface area contributed by atoms with Crippen LogP contribution in [-0.4, -0.2) is 41.8 Å². The number of carbonyl (C=O) groups is 2. The van der Waals surface area contributed by atoms with Gasteiger partial charge in [0, 0.05) is 11.1 Å². The first-order chi connectivity index (χ1) is 20.6. The van der Waals surface area contributed by atoms with Gasteiger partial charge >= 0.3 is 12.5 Å². The number of fused-ring (bicyclic) bond motifs is 2. The van der Waals surface area contributed by atoms with Gasteiger partial charge in [0.25, 0.3) is 5.91 Å². The van der Waals surface area contributed by atoms with Gasteiger partial charge in [-0.3, -0.25) is 9.59 Å². The fraction of sp³-hybridized carbons (Fsp3) is 0.250. The van der Waals surface area contributed by atoms with E-state index in [1.165, 1.54) is 61.5 Å². The molecule has 44 heavy (non-hydrogen) atoms. The summed E-state index contributed by atoms with van der Waals surface area (Å²) in [6, 6.07) is 11.9. The van der Waals surface area contributed by atoms with E-state index >= 15 is 0 Å². The molecule has 3 N–H and O–H groups in total. The summed E-state index contributed by atoms with van der Waals surface area (Å²) in [5, 5.41) is 2.60. The predicted molar refractivity (Wildman–Crippen MR) is 145 cm³/mol. The van der Waals surface area contributed by atoms with Crippen LogP contribution in [0.5, 0.6) is 11.5 Å². The number of alkyl halides is 5. The lowest BCUT2D eigenvalue weighted by Gasteiger charge is -2.18. The Bertz CT molecular complexity index is 1870. The van der Waals surface area contributed by atoms with E-state index in [0.717, 1.165) is 10.6 Å². The van der Waals surface area contributed by atoms with Crippen LogP contribution in [0.2, 0.25) is 0 Å². The average Bonchev–Trinajstić information content (AvgIpc) is 3.48. The van der Waals surface area contributed by atoms with Crippen LogP contribution in [0.15, 0.2) is 65.6 Å². The highest BCUT2D eigenvalue weighted by Crippen LogP contribution is 2.44. The second kappa shape index (κ2) is 11.1. The van der Waals surface area contributed by atoms with Crippen molar-refractivity contribution in [2.24, 2.45) is 5.73 Å². The number of hydrogen-bond donors (Lipinski definition) is 2. The number of amides is 2. The van der Waals surface area contributed by atoms with E-state index in [-0.39, 0.29) is 45.0 Å². The molecule has 2 amide bonds. The van der Waals surface area contributed by atoms with Crippen molar-refractivity contribution in [2.75, 3.05) is 5.75 Å². The van der Waals surface area contributed by atoms with Crippen molar-refractivity contribution >= 4 is 32.7 Å². The number of nitrogens with one attached hydrogen (secondary N) is 1. The molecule has 2 heterocycles. The van der Waals surface area contributed by atoms with Crippen molar-refractivity contribution in [1.82, 2.24) is 14.9 Å². The normalized spacial score (nSPS) is 14.9. The van der Waals surface area contributed by atoms with E-state index in [4.69, 9.17) is 5.73 Å². The molecule has 0 saturated carbocycles. The Morgan fingerprint density at radius 2 is 1.77 bits per heavy atom. The van der Waals surface area contributed by atoms with Crippen LogP contribution in [0.25, 0.3) is 11.0 Å². The number of primary amides is 1. The Balaban J connectivity index is 1.46. The number of hydrogen-bond acceptors (Lipinski definition) is 7. The number of imidazole rings is 1. The number of aromatic nitrogens is 2. The molecule has 1 aromatic heterocycles. The van der Waals surface area contributed by atoms with Gasteiger partial charge in [0.2, 0.25) is 11.7 Å². The summed E-state index contributed by atoms with van der Waals surface area (Å²) in [6.45, 7) is 0.916. The molecule has 1 aliphatic rings. The number of rotatable bonds is 9. The zero-order chi connectivity index (χ0) is 32.0. The van der Waals surface area contributed by atoms with Crippen LogP contribution >= 0.6 is 0 Å². The van der Waals surface area contributed by atoms with E-state index in [2.05, 4.69) is 19.8 Å². The zero-order valence-electron chi connectivity index (χ0n) is 22.7. The van der Waals surface area contributed by atoms with Crippen LogP contribution in [0.3, 0.4) is 0 Å². The highest BCUT2D eigenvalue weighted by Gasteiger charge is 2.45. The molecular weight excluding hydrogens is 615 g/mol. The SMILES string of the molecule is CCS(=O)(=O)c1ccc([C@H](CC(N)=O)NC(=O)c2ccc3c(c2)nc(C(F)(F)F)n3Cc2cccc3c2OC(F)(F)O3)cc1. The Morgan fingerprint density at radius 3 is 2.41 bits per heavy atom. The minimum atomic E-state index is -4.95. The molecule has 0 unspecified atom stereocenters. The fourth-order valence-electron chi connectivity index (χ4n) is 4.74. The summed E-state index contributed by atoms with van der Waals surface area (Å²) in [5.74, 6) is -3.78. The first kappa shape index (κ1) is 30.7. The van der Waals surface area contributed by atoms with Crippen LogP contribution < -0.4 is 20.5 Å². The lowest BCUT2D eigenvalue weighted by molar-refractivity contribution is -0.287. The fourth-order valence-corrected chi connectivity index (χ4v) is 5.62. The number of sulfone groups is 1. The molecule has 1 atom stereocenters. The van der Waals surface area contributed by atoms with Gasteiger partial charge in [0.1, 0.15) is 0 Å². The van der Waals surface area contributed by atoms with Crippen molar-refractivity contribution in [3.63, 3.8) is 0 Å². The lowest BCUT2D eigenvalue weighted by Crippen LogP contribution is -2.31. The maximum absolute atomic E-state index is 14.0. The highest BCUT2D eigenvalue weighted by atomic mass is 32.2. The maximum atomic E-state index is 14.0. The number of benzene rings is 3. The summed E-state index contributed by atoms with van der Waals surface area (Å²) in [5.41, 5.74) is 5.30. The molecule has 0 saturated heterocycles. The summed E-state index contributed by atoms with van der Waals surface area (Å²) in [7, 11) is -3.51. The van der Waals surface area contributed by atoms with Gasteiger partial charge in [-0.2, -0.15) is 13.2 Å². The van der Waals surface area contributed by atoms with Crippen molar-refractivity contribution in [1.29, 1.82) is 0 Å². The van der Waals surface area contributed by atoms with E-state index in [1.807, 2.05) is 0 Å². The molecule has 0 aliphatic carbocycles. The Labute approximate surface area is 246 Å². The largest absolute Gasteiger partial charge is 0.586 e. The molecule has 0 spiro atoms. The van der Waals surface area contributed by atoms with Gasteiger partial charge in [-0.25, -0.2) is 13.4 Å². The number of ether oxygens (including phenoxy) is 2. The summed E-state index contributed by atoms with van der Waals surface area (Å²) in [4.78, 5) is 28.6. The van der Waals surface area contributed by atoms with Crippen molar-refractivity contribution in [2.45, 2.75) is 43.3 Å². The molecule has 0 radical (unpaired) electrons. The third kappa shape index (κ3) is 6.15. The Morgan fingerprint density at radius 1 is 1.07 bits per heavy atom. The summed E-state index contributed by atoms with van der Waals surface area (Å²) >= 11 is 0. The minimum Gasteiger partial charge on any atom is -0.395 e. The molecule has 232 valence electrons. The monoisotopic (exact) mass is 638 g/mol. The van der Waals surface area contributed by atoms with Crippen molar-refractivity contribution in [3.8, 4) is 11.5 Å². The quantitative estimate of drug-likeness (QED) is 0.256. The molecule has 16 heteroatoms. The van der Waals surface area contributed by atoms with Crippen LogP contribution in [0.4, 0.5) is 22.0 Å². The number of para-hydroxylation sites is 1. The third-order valence-electron chi connectivity index (χ3n) is 6.83. The first-order valence-corrected chi connectivity index (χ1v) is 14.6. The Kier molecular flexibility index (Phi) is 7.73. The topological polar surface area (TPSA) is 143 Å². The molecule has 4 aromatic rings. The molecule has 0 bridgehead atoms. The van der Waals surface area contributed by atoms with E-state index in [9.17, 15) is 40.0 Å². The standard InChI is InChI=1S/C28H23F5N4O6S/c1-2-44(40,41)18-9-6-15(7-10-18)19(13-23(34)38)35-25(39)16-8-11-21-20(12-16)36-26(27(29,30)31)37(21)14-17-4-3-5-22-24(17)43-28(32,33)42-22/h3-12,19H,2,13-14H2,1H3,(H2,34,38)(H,35,39)/t19-/m0/s1. The molecular formula is C28H23F5N4O6S. The highest BCUT2D eigenvalue weighted by molar-refractivity contribution is 7.91. The van der Waals surface area contributed by atoms with E-state index < -0.39 is 58.3 Å². The van der Waals surface area contributed by atoms with Gasteiger partial charge in [-0.1, -0.05) is 31.2 Å². The van der Waals surface area contributed by atoms with Gasteiger partial charge in [0.05, 0.1) is 40.7 Å². The number of nitrogens with two attached hydrogens (primary N) is 1. The third-order valence-corrected chi connectivity index (χ3v) is 8.59. The zero-order valence-corrected chi connectivity index (χ0v) is 23.5. The molecule has 10 nitrogen and oxygen atoms in total. The van der Waals surface area contributed by atoms with Crippen LogP contribution in [0, 0.1) is 0 Å². The second-order valence-electron chi connectivity index (χ2n) is 9.80. The second-order valence-corrected chi connectivity index (χ2v) is 12.1. The van der Waals surface area contributed by atoms with Gasteiger partial charge in [-0.05, 0) is 42.0 Å². The maximum Gasteiger partial charge on any atom is 0.586 e. The minimum absolute atomic E-state index is 0.0293. The first-order valence-electron chi connectivity index (χ1n) is 12.9. The van der Waals surface area contributed by atoms with E-state index in [0.29, 0.717) is 5.56 Å². The number of carbonyl (C=O) groups excluding carboxylic acids is 2. The van der Waals surface area contributed by atoms with Crippen LogP contribution in [0.1, 0.15) is 46.7 Å². The Hall–Kier alpha value is -4.73. The summed E-state index contributed by atoms with van der Waals surface area (Å²) in [6.07, 6.45) is -9.29. The lowest BCUT2D eigenvalue weighted by atomic mass is 10.0.